The van der Waals surface area contributed by atoms with E-state index in [1.54, 1.807) is 38.2 Å². The van der Waals surface area contributed by atoms with Crippen LogP contribution in [0.4, 0.5) is 0 Å². The molecule has 13 nitrogen and oxygen atoms in total. The number of ketones is 1. The maximum Gasteiger partial charge on any atom is 0.274 e. The van der Waals surface area contributed by atoms with Gasteiger partial charge in [0.2, 0.25) is 17.7 Å². The highest BCUT2D eigenvalue weighted by Crippen LogP contribution is 2.29. The van der Waals surface area contributed by atoms with Gasteiger partial charge in [0.1, 0.15) is 29.5 Å². The number of carbonyl (C=O) groups is 5. The molecule has 1 fully saturated rings. The van der Waals surface area contributed by atoms with Gasteiger partial charge in [-0.05, 0) is 62.3 Å². The van der Waals surface area contributed by atoms with E-state index in [2.05, 4.69) is 31.4 Å². The Bertz CT molecular complexity index is 1880. The number of hydrogen-bond acceptors (Lipinski definition) is 9. The van der Waals surface area contributed by atoms with Crippen LogP contribution >= 0.6 is 0 Å². The number of nitrogens with one attached hydrogen (secondary N) is 4. The van der Waals surface area contributed by atoms with Gasteiger partial charge < -0.3 is 30.5 Å². The monoisotopic (exact) mass is 736 g/mol. The number of ether oxygens (including phenoxy) is 1. The molecule has 5 rings (SSSR count). The molecule has 0 bridgehead atoms. The Morgan fingerprint density at radius 1 is 0.741 bits per heavy atom. The Morgan fingerprint density at radius 3 is 1.87 bits per heavy atom. The molecule has 4 amide bonds. The van der Waals surface area contributed by atoms with E-state index in [0.717, 1.165) is 11.1 Å². The Balaban J connectivity index is 1.39. The minimum absolute atomic E-state index is 0.00985. The minimum Gasteiger partial charge on any atom is -0.361 e. The highest BCUT2D eigenvalue weighted by molar-refractivity contribution is 5.99. The summed E-state index contributed by atoms with van der Waals surface area (Å²) < 4.78 is 10.5. The summed E-state index contributed by atoms with van der Waals surface area (Å²) in [6, 6.07) is 21.2. The summed E-state index contributed by atoms with van der Waals surface area (Å²) in [6.07, 6.45) is 2.74. The molecule has 0 aliphatic carbocycles. The highest BCUT2D eigenvalue weighted by Gasteiger charge is 2.50. The number of pyridine rings is 1. The van der Waals surface area contributed by atoms with Crippen molar-refractivity contribution in [2.45, 2.75) is 89.6 Å². The molecule has 0 saturated carbocycles. The van der Waals surface area contributed by atoms with Gasteiger partial charge in [-0.1, -0.05) is 85.7 Å². The first-order valence-electron chi connectivity index (χ1n) is 18.2. The lowest BCUT2D eigenvalue weighted by molar-refractivity contribution is -0.134. The summed E-state index contributed by atoms with van der Waals surface area (Å²) in [5.41, 5.74) is 1.31. The normalized spacial score (nSPS) is 17.1. The summed E-state index contributed by atoms with van der Waals surface area (Å²) in [5.74, 6) is -2.11. The molecule has 54 heavy (non-hydrogen) atoms. The standard InChI is InChI=1S/C41H48N6O7/c1-26(2)21-32(36(48)41(4)25-53-41)44-38(50)33(23-29-15-9-6-10-16-29)45-39(51)34(24-30-17-11-12-20-42-30)46-37(49)31(19-18-28-13-7-5-8-14-28)43-40(52)35-22-27(3)54-47-35/h5-17,20,22,26,31-34H,18-19,21,23-25H2,1-4H3,(H,43,52)(H,44,50)(H,45,51)(H,46,49)/t31-,32-,33-,34-,41+/m0/s1. The van der Waals surface area contributed by atoms with Gasteiger partial charge in [-0.2, -0.15) is 0 Å². The average molecular weight is 737 g/mol. The van der Waals surface area contributed by atoms with E-state index in [4.69, 9.17) is 9.26 Å². The second-order valence-corrected chi connectivity index (χ2v) is 14.3. The molecule has 1 aliphatic heterocycles. The van der Waals surface area contributed by atoms with Gasteiger partial charge in [0.15, 0.2) is 11.5 Å². The number of nitrogens with zero attached hydrogens (tertiary/aromatic N) is 2. The predicted octanol–water partition coefficient (Wildman–Crippen LogP) is 3.45. The van der Waals surface area contributed by atoms with Crippen molar-refractivity contribution in [2.24, 2.45) is 5.92 Å². The molecular weight excluding hydrogens is 688 g/mol. The molecule has 2 aromatic carbocycles. The molecular formula is C41H48N6O7. The molecule has 284 valence electrons. The number of carbonyl (C=O) groups excluding carboxylic acids is 5. The second kappa shape index (κ2) is 18.4. The zero-order valence-corrected chi connectivity index (χ0v) is 31.0. The molecule has 0 unspecified atom stereocenters. The first kappa shape index (κ1) is 39.5. The number of aryl methyl sites for hydroxylation is 2. The number of amides is 4. The van der Waals surface area contributed by atoms with Gasteiger partial charge in [0.25, 0.3) is 5.91 Å². The molecule has 5 atom stereocenters. The summed E-state index contributed by atoms with van der Waals surface area (Å²) in [4.78, 5) is 73.3. The van der Waals surface area contributed by atoms with Crippen LogP contribution < -0.4 is 21.3 Å². The fraction of sp³-hybridized carbons (Fsp3) is 0.390. The predicted molar refractivity (Wildman–Crippen MR) is 200 cm³/mol. The van der Waals surface area contributed by atoms with E-state index in [1.165, 1.54) is 6.07 Å². The van der Waals surface area contributed by atoms with Crippen LogP contribution in [0.3, 0.4) is 0 Å². The smallest absolute Gasteiger partial charge is 0.274 e. The lowest BCUT2D eigenvalue weighted by Crippen LogP contribution is -2.59. The Morgan fingerprint density at radius 2 is 1.31 bits per heavy atom. The number of benzene rings is 2. The summed E-state index contributed by atoms with van der Waals surface area (Å²) in [5, 5.41) is 15.1. The van der Waals surface area contributed by atoms with Crippen LogP contribution in [-0.4, -0.2) is 75.9 Å². The zero-order chi connectivity index (χ0) is 38.7. The minimum atomic E-state index is -1.20. The van der Waals surface area contributed by atoms with E-state index in [9.17, 15) is 24.0 Å². The van der Waals surface area contributed by atoms with E-state index >= 15 is 0 Å². The molecule has 1 saturated heterocycles. The summed E-state index contributed by atoms with van der Waals surface area (Å²) in [6.45, 7) is 7.54. The molecule has 13 heteroatoms. The molecule has 0 radical (unpaired) electrons. The van der Waals surface area contributed by atoms with Gasteiger partial charge in [-0.25, -0.2) is 0 Å². The number of hydrogen-bond donors (Lipinski definition) is 4. The number of rotatable bonds is 19. The van der Waals surface area contributed by atoms with Crippen LogP contribution in [0.25, 0.3) is 0 Å². The molecule has 2 aromatic heterocycles. The average Bonchev–Trinajstić information content (AvgIpc) is 3.77. The first-order valence-corrected chi connectivity index (χ1v) is 18.2. The van der Waals surface area contributed by atoms with Crippen molar-refractivity contribution in [3.63, 3.8) is 0 Å². The Labute approximate surface area is 315 Å². The van der Waals surface area contributed by atoms with Crippen molar-refractivity contribution < 1.29 is 33.2 Å². The van der Waals surface area contributed by atoms with Gasteiger partial charge in [-0.15, -0.1) is 0 Å². The van der Waals surface area contributed by atoms with Gasteiger partial charge in [0.05, 0.1) is 12.6 Å². The third kappa shape index (κ3) is 11.4. The van der Waals surface area contributed by atoms with E-state index in [-0.39, 0.29) is 43.3 Å². The van der Waals surface area contributed by atoms with Crippen molar-refractivity contribution in [3.05, 3.63) is 119 Å². The number of Topliss-reactive ketones (excluding diaryl/α,β-unsaturated/α-hetero) is 1. The number of aromatic nitrogens is 2. The van der Waals surface area contributed by atoms with Crippen molar-refractivity contribution in [1.82, 2.24) is 31.4 Å². The third-order valence-corrected chi connectivity index (χ3v) is 9.17. The maximum absolute atomic E-state index is 14.3. The molecule has 1 aliphatic rings. The topological polar surface area (TPSA) is 185 Å². The van der Waals surface area contributed by atoms with Crippen LogP contribution in [-0.2, 0) is 43.2 Å². The van der Waals surface area contributed by atoms with Gasteiger partial charge in [0, 0.05) is 30.8 Å². The molecule has 4 N–H and O–H groups in total. The zero-order valence-electron chi connectivity index (χ0n) is 31.0. The van der Waals surface area contributed by atoms with Crippen molar-refractivity contribution in [1.29, 1.82) is 0 Å². The quantitative estimate of drug-likeness (QED) is 0.105. The lowest BCUT2D eigenvalue weighted by Gasteiger charge is -2.27. The van der Waals surface area contributed by atoms with E-state index in [1.807, 2.05) is 74.5 Å². The van der Waals surface area contributed by atoms with Gasteiger partial charge >= 0.3 is 0 Å². The van der Waals surface area contributed by atoms with E-state index < -0.39 is 53.4 Å². The SMILES string of the molecule is Cc1cc(C(=O)N[C@@H](CCc2ccccc2)C(=O)N[C@@H](Cc2ccccn2)C(=O)N[C@@H](Cc2ccccc2)C(=O)N[C@@H](CC(C)C)C(=O)[C@@]2(C)CO2)no1. The Hall–Kier alpha value is -5.69. The van der Waals surface area contributed by atoms with Gasteiger partial charge in [-0.3, -0.25) is 29.0 Å². The highest BCUT2D eigenvalue weighted by atomic mass is 16.6. The van der Waals surface area contributed by atoms with Crippen LogP contribution in [0, 0.1) is 12.8 Å². The lowest BCUT2D eigenvalue weighted by atomic mass is 9.93. The van der Waals surface area contributed by atoms with E-state index in [0.29, 0.717) is 24.3 Å². The molecule has 4 aromatic rings. The van der Waals surface area contributed by atoms with Crippen molar-refractivity contribution in [2.75, 3.05) is 6.61 Å². The van der Waals surface area contributed by atoms with Crippen LogP contribution in [0.15, 0.2) is 95.6 Å². The van der Waals surface area contributed by atoms with Crippen molar-refractivity contribution >= 4 is 29.4 Å². The third-order valence-electron chi connectivity index (χ3n) is 9.17. The van der Waals surface area contributed by atoms with Crippen LogP contribution in [0.5, 0.6) is 0 Å². The maximum atomic E-state index is 14.3. The molecule has 0 spiro atoms. The van der Waals surface area contributed by atoms with Crippen molar-refractivity contribution in [3.8, 4) is 0 Å². The van der Waals surface area contributed by atoms with Crippen LogP contribution in [0.1, 0.15) is 66.7 Å². The van der Waals surface area contributed by atoms with Crippen LogP contribution in [0.2, 0.25) is 0 Å². The summed E-state index contributed by atoms with van der Waals surface area (Å²) in [7, 11) is 0. The molecule has 3 heterocycles. The fourth-order valence-electron chi connectivity index (χ4n) is 6.07. The number of epoxide rings is 1. The fourth-order valence-corrected chi connectivity index (χ4v) is 6.07. The largest absolute Gasteiger partial charge is 0.361 e. The first-order chi connectivity index (χ1) is 25.9. The Kier molecular flexibility index (Phi) is 13.4. The summed E-state index contributed by atoms with van der Waals surface area (Å²) >= 11 is 0. The second-order valence-electron chi connectivity index (χ2n) is 14.3.